The Morgan fingerprint density at radius 2 is 1.97 bits per heavy atom. The fraction of sp³-hybridized carbons (Fsp3) is 0.400. The zero-order chi connectivity index (χ0) is 24.7. The monoisotopic (exact) mass is 475 g/mol. The van der Waals surface area contributed by atoms with Crippen molar-refractivity contribution in [3.63, 3.8) is 0 Å². The summed E-state index contributed by atoms with van der Waals surface area (Å²) in [5.74, 6) is -1.28. The third kappa shape index (κ3) is 4.31. The highest BCUT2D eigenvalue weighted by Gasteiger charge is 2.48. The first-order valence-electron chi connectivity index (χ1n) is 11.2. The fourth-order valence-electron chi connectivity index (χ4n) is 4.99. The maximum atomic E-state index is 14.9. The highest BCUT2D eigenvalue weighted by atomic mass is 19.1. The van der Waals surface area contributed by atoms with E-state index in [0.717, 1.165) is 18.2 Å². The Morgan fingerprint density at radius 1 is 1.26 bits per heavy atom. The highest BCUT2D eigenvalue weighted by molar-refractivity contribution is 5.83. The molecule has 1 saturated heterocycles. The second kappa shape index (κ2) is 9.05. The molecule has 6 nitrogen and oxygen atoms in total. The molecule has 4 atom stereocenters. The van der Waals surface area contributed by atoms with Crippen LogP contribution in [0.15, 0.2) is 54.6 Å². The second-order valence-corrected chi connectivity index (χ2v) is 9.30. The van der Waals surface area contributed by atoms with E-state index in [0.29, 0.717) is 11.1 Å². The summed E-state index contributed by atoms with van der Waals surface area (Å²) in [7, 11) is 2.87. The first kappa shape index (κ1) is 24.3. The van der Waals surface area contributed by atoms with E-state index < -0.39 is 46.7 Å². The van der Waals surface area contributed by atoms with E-state index in [1.807, 2.05) is 0 Å². The van der Waals surface area contributed by atoms with Crippen molar-refractivity contribution < 1.29 is 27.7 Å². The Hall–Kier alpha value is -2.88. The van der Waals surface area contributed by atoms with Crippen LogP contribution < -0.4 is 0 Å². The number of hydroxylamine groups is 3. The Labute approximate surface area is 196 Å². The maximum Gasteiger partial charge on any atom is 0.321 e. The summed E-state index contributed by atoms with van der Waals surface area (Å²) in [5.41, 5.74) is -0.451. The van der Waals surface area contributed by atoms with Crippen molar-refractivity contribution >= 4 is 11.6 Å². The standard InChI is InChI=1S/C25H28F3N3O3/c1-29(23-10-11-31(2,34)15-22(23)28)24(33)30-14-17(20-12-19(26)8-9-21(20)27)13-25(30,16-32)18-6-4-3-5-7-18/h3-9,12-13,22-23,32H,10-11,14-16H2,1-2H3/t22-,23?,25+,31?/m0/s1. The van der Waals surface area contributed by atoms with Gasteiger partial charge < -0.3 is 24.8 Å². The van der Waals surface area contributed by atoms with Crippen LogP contribution in [0.3, 0.4) is 0 Å². The van der Waals surface area contributed by atoms with Crippen molar-refractivity contribution in [2.24, 2.45) is 0 Å². The van der Waals surface area contributed by atoms with E-state index in [2.05, 4.69) is 0 Å². The molecule has 2 aromatic rings. The minimum absolute atomic E-state index is 0.00725. The molecule has 2 unspecified atom stereocenters. The topological polar surface area (TPSA) is 66.8 Å². The number of halogens is 3. The van der Waals surface area contributed by atoms with E-state index >= 15 is 0 Å². The number of benzene rings is 2. The van der Waals surface area contributed by atoms with Gasteiger partial charge in [0.1, 0.15) is 23.7 Å². The van der Waals surface area contributed by atoms with Crippen molar-refractivity contribution in [1.29, 1.82) is 0 Å². The van der Waals surface area contributed by atoms with Gasteiger partial charge in [0.05, 0.1) is 26.2 Å². The van der Waals surface area contributed by atoms with Gasteiger partial charge in [-0.15, -0.1) is 0 Å². The molecular weight excluding hydrogens is 447 g/mol. The number of hydrogen-bond donors (Lipinski definition) is 1. The normalized spacial score (nSPS) is 29.1. The lowest BCUT2D eigenvalue weighted by molar-refractivity contribution is -0.869. The molecule has 2 heterocycles. The molecule has 34 heavy (non-hydrogen) atoms. The maximum absolute atomic E-state index is 14.9. The molecule has 1 N–H and O–H groups in total. The molecule has 2 aromatic carbocycles. The lowest BCUT2D eigenvalue weighted by Crippen LogP contribution is -2.61. The summed E-state index contributed by atoms with van der Waals surface area (Å²) in [4.78, 5) is 16.3. The van der Waals surface area contributed by atoms with Crippen LogP contribution in [0.4, 0.5) is 18.0 Å². The van der Waals surface area contributed by atoms with Gasteiger partial charge in [-0.3, -0.25) is 0 Å². The van der Waals surface area contributed by atoms with E-state index in [9.17, 15) is 28.3 Å². The van der Waals surface area contributed by atoms with E-state index in [1.165, 1.54) is 23.9 Å². The first-order chi connectivity index (χ1) is 16.1. The Morgan fingerprint density at radius 3 is 2.62 bits per heavy atom. The van der Waals surface area contributed by atoms with Crippen molar-refractivity contribution in [2.75, 3.05) is 40.3 Å². The number of rotatable bonds is 4. The molecule has 2 aliphatic heterocycles. The van der Waals surface area contributed by atoms with Crippen LogP contribution in [0.1, 0.15) is 17.5 Å². The third-order valence-corrected chi connectivity index (χ3v) is 6.92. The molecular formula is C25H28F3N3O3. The molecule has 4 rings (SSSR count). The lowest BCUT2D eigenvalue weighted by Gasteiger charge is -2.48. The van der Waals surface area contributed by atoms with Gasteiger partial charge in [-0.1, -0.05) is 30.3 Å². The third-order valence-electron chi connectivity index (χ3n) is 6.92. The molecule has 0 aromatic heterocycles. The van der Waals surface area contributed by atoms with Gasteiger partial charge in [0.25, 0.3) is 0 Å². The summed E-state index contributed by atoms with van der Waals surface area (Å²) in [6, 6.07) is 10.4. The summed E-state index contributed by atoms with van der Waals surface area (Å²) in [6.45, 7) is -0.719. The van der Waals surface area contributed by atoms with Crippen molar-refractivity contribution in [3.05, 3.63) is 82.6 Å². The van der Waals surface area contributed by atoms with Crippen LogP contribution in [0.25, 0.3) is 5.57 Å². The van der Waals surface area contributed by atoms with Crippen LogP contribution in [0.5, 0.6) is 0 Å². The van der Waals surface area contributed by atoms with Crippen LogP contribution in [0.2, 0.25) is 0 Å². The number of piperidine rings is 1. The molecule has 2 amide bonds. The molecule has 0 radical (unpaired) electrons. The average Bonchev–Trinajstić information content (AvgIpc) is 3.20. The number of likely N-dealkylation sites (tertiary alicyclic amines) is 1. The number of hydrogen-bond acceptors (Lipinski definition) is 3. The molecule has 0 saturated carbocycles. The fourth-order valence-corrected chi connectivity index (χ4v) is 4.99. The lowest BCUT2D eigenvalue weighted by atomic mass is 9.89. The molecule has 2 aliphatic rings. The molecule has 0 aliphatic carbocycles. The molecule has 9 heteroatoms. The van der Waals surface area contributed by atoms with Gasteiger partial charge in [-0.2, -0.15) is 0 Å². The number of aliphatic hydroxyl groups excluding tert-OH is 1. The van der Waals surface area contributed by atoms with Gasteiger partial charge >= 0.3 is 6.03 Å². The smallest absolute Gasteiger partial charge is 0.321 e. The van der Waals surface area contributed by atoms with Crippen LogP contribution >= 0.6 is 0 Å². The number of urea groups is 1. The Balaban J connectivity index is 1.73. The van der Waals surface area contributed by atoms with E-state index in [-0.39, 0.29) is 31.6 Å². The molecule has 0 bridgehead atoms. The molecule has 182 valence electrons. The van der Waals surface area contributed by atoms with E-state index in [4.69, 9.17) is 0 Å². The van der Waals surface area contributed by atoms with Gasteiger partial charge in [0.2, 0.25) is 0 Å². The van der Waals surface area contributed by atoms with Crippen molar-refractivity contribution in [1.82, 2.24) is 9.80 Å². The predicted octanol–water partition coefficient (Wildman–Crippen LogP) is 3.66. The second-order valence-electron chi connectivity index (χ2n) is 9.30. The Bertz CT molecular complexity index is 1100. The van der Waals surface area contributed by atoms with Gasteiger partial charge in [-0.05, 0) is 35.4 Å². The largest absolute Gasteiger partial charge is 0.633 e. The number of quaternary nitrogens is 1. The highest BCUT2D eigenvalue weighted by Crippen LogP contribution is 2.41. The number of carbonyl (C=O) groups is 1. The van der Waals surface area contributed by atoms with Crippen LogP contribution in [0, 0.1) is 16.8 Å². The van der Waals surface area contributed by atoms with Crippen LogP contribution in [-0.2, 0) is 5.54 Å². The zero-order valence-electron chi connectivity index (χ0n) is 19.1. The quantitative estimate of drug-likeness (QED) is 0.542. The summed E-state index contributed by atoms with van der Waals surface area (Å²) < 4.78 is 42.7. The summed E-state index contributed by atoms with van der Waals surface area (Å²) in [5, 5.41) is 22.7. The zero-order valence-corrected chi connectivity index (χ0v) is 19.1. The first-order valence-corrected chi connectivity index (χ1v) is 11.2. The number of amides is 2. The average molecular weight is 476 g/mol. The van der Waals surface area contributed by atoms with Crippen molar-refractivity contribution in [2.45, 2.75) is 24.2 Å². The minimum atomic E-state index is -1.51. The summed E-state index contributed by atoms with van der Waals surface area (Å²) in [6.07, 6.45) is 0.250. The van der Waals surface area contributed by atoms with Crippen molar-refractivity contribution in [3.8, 4) is 0 Å². The van der Waals surface area contributed by atoms with Crippen LogP contribution in [-0.4, -0.2) is 78.1 Å². The minimum Gasteiger partial charge on any atom is -0.633 e. The number of nitrogens with zero attached hydrogens (tertiary/aromatic N) is 3. The summed E-state index contributed by atoms with van der Waals surface area (Å²) >= 11 is 0. The van der Waals surface area contributed by atoms with Gasteiger partial charge in [0, 0.05) is 25.6 Å². The Kier molecular flexibility index (Phi) is 6.46. The van der Waals surface area contributed by atoms with Gasteiger partial charge in [-0.25, -0.2) is 18.0 Å². The number of carbonyl (C=O) groups excluding carboxylic acids is 1. The van der Waals surface area contributed by atoms with E-state index in [1.54, 1.807) is 36.4 Å². The molecule has 1 fully saturated rings. The number of aliphatic hydroxyl groups is 1. The SMILES string of the molecule is CN(C(=O)N1CC(c2cc(F)ccc2F)=C[C@@]1(CO)c1ccccc1)C1CC[N+](C)([O-])C[C@@H]1F. The number of alkyl halides is 1. The van der Waals surface area contributed by atoms with Gasteiger partial charge in [0.15, 0.2) is 6.17 Å². The predicted molar refractivity (Wildman–Crippen MR) is 122 cm³/mol. The molecule has 0 spiro atoms.